The molecule has 1 unspecified atom stereocenters. The minimum absolute atomic E-state index is 0.0401. The molecular formula is C19H25N3O3. The number of hydrogen-bond donors (Lipinski definition) is 2. The number of amides is 1. The highest BCUT2D eigenvalue weighted by molar-refractivity contribution is 5.92. The van der Waals surface area contributed by atoms with E-state index in [2.05, 4.69) is 10.2 Å². The summed E-state index contributed by atoms with van der Waals surface area (Å²) in [5, 5.41) is 17.2. The Morgan fingerprint density at radius 1 is 1.44 bits per heavy atom. The van der Waals surface area contributed by atoms with Gasteiger partial charge in [-0.05, 0) is 30.9 Å². The summed E-state index contributed by atoms with van der Waals surface area (Å²) in [6.45, 7) is 5.66. The number of hydrogen-bond acceptors (Lipinski definition) is 4. The SMILES string of the molecule is CC(C)c1cc(C(=O)N(Cc2ccccc2O)CC2CCCO2)n[nH]1. The molecule has 2 aromatic rings. The van der Waals surface area contributed by atoms with Gasteiger partial charge in [-0.3, -0.25) is 9.89 Å². The van der Waals surface area contributed by atoms with E-state index in [1.807, 2.05) is 26.0 Å². The molecule has 1 fully saturated rings. The van der Waals surface area contributed by atoms with Crippen LogP contribution in [0.15, 0.2) is 30.3 Å². The zero-order chi connectivity index (χ0) is 17.8. The molecule has 0 spiro atoms. The first-order valence-electron chi connectivity index (χ1n) is 8.77. The van der Waals surface area contributed by atoms with Gasteiger partial charge in [0.15, 0.2) is 0 Å². The summed E-state index contributed by atoms with van der Waals surface area (Å²) in [5.41, 5.74) is 2.05. The van der Waals surface area contributed by atoms with Gasteiger partial charge in [0, 0.05) is 31.0 Å². The lowest BCUT2D eigenvalue weighted by atomic mass is 10.1. The van der Waals surface area contributed by atoms with Crippen molar-refractivity contribution in [2.24, 2.45) is 0 Å². The van der Waals surface area contributed by atoms with Crippen LogP contribution in [0.25, 0.3) is 0 Å². The Morgan fingerprint density at radius 3 is 2.88 bits per heavy atom. The second-order valence-corrected chi connectivity index (χ2v) is 6.81. The van der Waals surface area contributed by atoms with E-state index in [9.17, 15) is 9.90 Å². The Bertz CT molecular complexity index is 720. The number of rotatable bonds is 6. The average Bonchev–Trinajstić information content (AvgIpc) is 3.27. The van der Waals surface area contributed by atoms with E-state index < -0.39 is 0 Å². The van der Waals surface area contributed by atoms with Gasteiger partial charge in [0.2, 0.25) is 0 Å². The van der Waals surface area contributed by atoms with Gasteiger partial charge in [-0.15, -0.1) is 0 Å². The number of benzene rings is 1. The molecule has 0 aliphatic carbocycles. The summed E-state index contributed by atoms with van der Waals surface area (Å²) in [6, 6.07) is 8.90. The lowest BCUT2D eigenvalue weighted by Gasteiger charge is -2.25. The van der Waals surface area contributed by atoms with Crippen LogP contribution >= 0.6 is 0 Å². The number of phenols is 1. The van der Waals surface area contributed by atoms with Crippen molar-refractivity contribution in [1.29, 1.82) is 0 Å². The fraction of sp³-hybridized carbons (Fsp3) is 0.474. The van der Waals surface area contributed by atoms with Crippen LogP contribution in [0.5, 0.6) is 5.75 Å². The van der Waals surface area contributed by atoms with Crippen molar-refractivity contribution < 1.29 is 14.6 Å². The van der Waals surface area contributed by atoms with Crippen LogP contribution in [0, 0.1) is 0 Å². The predicted octanol–water partition coefficient (Wildman–Crippen LogP) is 3.06. The third-order valence-corrected chi connectivity index (χ3v) is 4.53. The first-order valence-corrected chi connectivity index (χ1v) is 8.77. The van der Waals surface area contributed by atoms with E-state index in [1.54, 1.807) is 23.1 Å². The van der Waals surface area contributed by atoms with E-state index >= 15 is 0 Å². The number of nitrogens with zero attached hydrogens (tertiary/aromatic N) is 2. The maximum Gasteiger partial charge on any atom is 0.274 e. The number of para-hydroxylation sites is 1. The van der Waals surface area contributed by atoms with Gasteiger partial charge >= 0.3 is 0 Å². The number of aromatic hydroxyl groups is 1. The topological polar surface area (TPSA) is 78.5 Å². The molecule has 2 heterocycles. The van der Waals surface area contributed by atoms with E-state index in [1.165, 1.54) is 0 Å². The molecule has 6 nitrogen and oxygen atoms in total. The molecule has 1 atom stereocenters. The third-order valence-electron chi connectivity index (χ3n) is 4.53. The van der Waals surface area contributed by atoms with Crippen molar-refractivity contribution in [1.82, 2.24) is 15.1 Å². The largest absolute Gasteiger partial charge is 0.508 e. The minimum Gasteiger partial charge on any atom is -0.508 e. The molecule has 25 heavy (non-hydrogen) atoms. The number of H-pyrrole nitrogens is 1. The maximum absolute atomic E-state index is 13.0. The fourth-order valence-electron chi connectivity index (χ4n) is 3.01. The van der Waals surface area contributed by atoms with Crippen molar-refractivity contribution in [3.8, 4) is 5.75 Å². The molecule has 2 N–H and O–H groups in total. The van der Waals surface area contributed by atoms with Gasteiger partial charge in [0.25, 0.3) is 5.91 Å². The third kappa shape index (κ3) is 4.20. The Balaban J connectivity index is 1.81. The Labute approximate surface area is 147 Å². The molecule has 0 radical (unpaired) electrons. The second kappa shape index (κ2) is 7.70. The van der Waals surface area contributed by atoms with Gasteiger partial charge < -0.3 is 14.7 Å². The quantitative estimate of drug-likeness (QED) is 0.845. The molecule has 134 valence electrons. The Hall–Kier alpha value is -2.34. The van der Waals surface area contributed by atoms with Crippen LogP contribution in [-0.4, -0.2) is 45.4 Å². The molecule has 1 saturated heterocycles. The average molecular weight is 343 g/mol. The number of aromatic nitrogens is 2. The first kappa shape index (κ1) is 17.5. The number of carbonyl (C=O) groups is 1. The zero-order valence-corrected chi connectivity index (χ0v) is 14.7. The van der Waals surface area contributed by atoms with E-state index in [-0.39, 0.29) is 23.7 Å². The smallest absolute Gasteiger partial charge is 0.274 e. The number of phenolic OH excluding ortho intramolecular Hbond substituents is 1. The summed E-state index contributed by atoms with van der Waals surface area (Å²) in [7, 11) is 0. The summed E-state index contributed by atoms with van der Waals surface area (Å²) in [5.74, 6) is 0.318. The maximum atomic E-state index is 13.0. The summed E-state index contributed by atoms with van der Waals surface area (Å²) in [4.78, 5) is 14.7. The molecule has 0 saturated carbocycles. The van der Waals surface area contributed by atoms with Crippen LogP contribution in [0.1, 0.15) is 54.4 Å². The van der Waals surface area contributed by atoms with Gasteiger partial charge in [-0.1, -0.05) is 32.0 Å². The van der Waals surface area contributed by atoms with Crippen LogP contribution < -0.4 is 0 Å². The lowest BCUT2D eigenvalue weighted by molar-refractivity contribution is 0.0501. The van der Waals surface area contributed by atoms with Crippen LogP contribution in [0.2, 0.25) is 0 Å². The standard InChI is InChI=1S/C19H25N3O3/c1-13(2)16-10-17(21-20-16)19(24)22(12-15-7-5-9-25-15)11-14-6-3-4-8-18(14)23/h3-4,6,8,10,13,15,23H,5,7,9,11-12H2,1-2H3,(H,20,21). The summed E-state index contributed by atoms with van der Waals surface area (Å²) >= 11 is 0. The lowest BCUT2D eigenvalue weighted by Crippen LogP contribution is -2.37. The number of carbonyl (C=O) groups excluding carboxylic acids is 1. The highest BCUT2D eigenvalue weighted by Gasteiger charge is 2.26. The second-order valence-electron chi connectivity index (χ2n) is 6.81. The van der Waals surface area contributed by atoms with Crippen LogP contribution in [0.3, 0.4) is 0 Å². The van der Waals surface area contributed by atoms with Gasteiger partial charge in [-0.25, -0.2) is 0 Å². The van der Waals surface area contributed by atoms with Crippen molar-refractivity contribution in [3.63, 3.8) is 0 Å². The highest BCUT2D eigenvalue weighted by atomic mass is 16.5. The van der Waals surface area contributed by atoms with Crippen molar-refractivity contribution >= 4 is 5.91 Å². The number of aromatic amines is 1. The Morgan fingerprint density at radius 2 is 2.24 bits per heavy atom. The Kier molecular flexibility index (Phi) is 5.38. The molecule has 1 aromatic heterocycles. The van der Waals surface area contributed by atoms with Gasteiger partial charge in [0.05, 0.1) is 6.10 Å². The fourth-order valence-corrected chi connectivity index (χ4v) is 3.01. The summed E-state index contributed by atoms with van der Waals surface area (Å²) < 4.78 is 5.70. The van der Waals surface area contributed by atoms with E-state index in [0.717, 1.165) is 25.1 Å². The van der Waals surface area contributed by atoms with Crippen molar-refractivity contribution in [2.75, 3.05) is 13.2 Å². The van der Waals surface area contributed by atoms with E-state index in [0.29, 0.717) is 24.3 Å². The molecule has 3 rings (SSSR count). The molecular weight excluding hydrogens is 318 g/mol. The molecule has 0 bridgehead atoms. The monoisotopic (exact) mass is 343 g/mol. The molecule has 1 amide bonds. The minimum atomic E-state index is -0.151. The van der Waals surface area contributed by atoms with Gasteiger partial charge in [-0.2, -0.15) is 5.10 Å². The zero-order valence-electron chi connectivity index (χ0n) is 14.7. The van der Waals surface area contributed by atoms with Crippen LogP contribution in [-0.2, 0) is 11.3 Å². The van der Waals surface area contributed by atoms with Crippen LogP contribution in [0.4, 0.5) is 0 Å². The first-order chi connectivity index (χ1) is 12.0. The number of ether oxygens (including phenoxy) is 1. The van der Waals surface area contributed by atoms with Gasteiger partial charge in [0.1, 0.15) is 11.4 Å². The number of nitrogens with one attached hydrogen (secondary N) is 1. The normalized spacial score (nSPS) is 17.2. The van der Waals surface area contributed by atoms with Crippen molar-refractivity contribution in [2.45, 2.75) is 45.3 Å². The highest BCUT2D eigenvalue weighted by Crippen LogP contribution is 2.22. The van der Waals surface area contributed by atoms with E-state index in [4.69, 9.17) is 4.74 Å². The predicted molar refractivity (Wildman–Crippen MR) is 94.5 cm³/mol. The molecule has 1 aliphatic rings. The summed E-state index contributed by atoms with van der Waals surface area (Å²) in [6.07, 6.45) is 2.00. The van der Waals surface area contributed by atoms with Crippen molar-refractivity contribution in [3.05, 3.63) is 47.3 Å². The molecule has 1 aromatic carbocycles. The molecule has 1 aliphatic heterocycles. The molecule has 6 heteroatoms.